The predicted octanol–water partition coefficient (Wildman–Crippen LogP) is 3.30. The van der Waals surface area contributed by atoms with E-state index in [9.17, 15) is 9.59 Å². The van der Waals surface area contributed by atoms with E-state index in [1.807, 2.05) is 58.9 Å². The zero-order valence-electron chi connectivity index (χ0n) is 18.9. The highest BCUT2D eigenvalue weighted by atomic mass is 32.1. The fourth-order valence-corrected chi connectivity index (χ4v) is 3.34. The number of benzene rings is 1. The van der Waals surface area contributed by atoms with Crippen LogP contribution in [0.3, 0.4) is 0 Å². The number of amidine groups is 1. The van der Waals surface area contributed by atoms with E-state index in [4.69, 9.17) is 10.5 Å². The van der Waals surface area contributed by atoms with Crippen LogP contribution in [-0.4, -0.2) is 52.7 Å². The second kappa shape index (κ2) is 12.5. The fraction of sp³-hybridized carbons (Fsp3) is 0.591. The Hall–Kier alpha value is -2.22. The Balaban J connectivity index is 0.000000553. The molecule has 0 aromatic heterocycles. The van der Waals surface area contributed by atoms with Crippen molar-refractivity contribution in [3.63, 3.8) is 0 Å². The van der Waals surface area contributed by atoms with Gasteiger partial charge in [0.15, 0.2) is 0 Å². The number of rotatable bonds is 5. The molecule has 1 aromatic carbocycles. The topological polar surface area (TPSA) is 97.0 Å². The van der Waals surface area contributed by atoms with E-state index < -0.39 is 12.1 Å². The third-order valence-electron chi connectivity index (χ3n) is 4.19. The molecular formula is C22H36N4O3S. The molecule has 1 saturated heterocycles. The van der Waals surface area contributed by atoms with Crippen molar-refractivity contribution in [1.82, 2.24) is 10.2 Å². The number of carbonyl (C=O) groups is 2. The van der Waals surface area contributed by atoms with E-state index in [-0.39, 0.29) is 23.8 Å². The monoisotopic (exact) mass is 436 g/mol. The van der Waals surface area contributed by atoms with Crippen LogP contribution in [-0.2, 0) is 16.1 Å². The van der Waals surface area contributed by atoms with Crippen molar-refractivity contribution in [2.45, 2.75) is 77.9 Å². The Morgan fingerprint density at radius 2 is 1.87 bits per heavy atom. The van der Waals surface area contributed by atoms with Gasteiger partial charge in [0.1, 0.15) is 12.6 Å². The first-order valence-electron chi connectivity index (χ1n) is 10.3. The molecule has 7 nitrogen and oxygen atoms in total. The van der Waals surface area contributed by atoms with E-state index >= 15 is 0 Å². The molecule has 0 radical (unpaired) electrons. The maximum absolute atomic E-state index is 12.3. The number of nitrogens with zero attached hydrogens (tertiary/aromatic N) is 2. The summed E-state index contributed by atoms with van der Waals surface area (Å²) in [5, 5.41) is 2.84. The summed E-state index contributed by atoms with van der Waals surface area (Å²) in [6.07, 6.45) is 0.0763. The van der Waals surface area contributed by atoms with Crippen LogP contribution >= 0.6 is 12.6 Å². The highest BCUT2D eigenvalue weighted by Gasteiger charge is 2.39. The number of aliphatic imine (C=N–C) groups is 1. The number of amides is 2. The summed E-state index contributed by atoms with van der Waals surface area (Å²) >= 11 is 4.41. The standard InChI is InChI=1S/C17H24N2O3S.C5H12N2/c1-11(2)18-16(20)15-8-14(23)9-19(15)17(21)22-10-13-6-4-12(3)5-7-13;1-4(2)7-5(3)6/h4-7,11,14-15,23H,8-10H2,1-3H3,(H,18,20);4H,1-3H3,(H2,6,7)/t14-,15-;/m0./s1. The van der Waals surface area contributed by atoms with Crippen molar-refractivity contribution in [3.8, 4) is 0 Å². The quantitative estimate of drug-likeness (QED) is 0.375. The van der Waals surface area contributed by atoms with E-state index in [1.54, 1.807) is 6.92 Å². The van der Waals surface area contributed by atoms with Gasteiger partial charge in [0.2, 0.25) is 5.91 Å². The third-order valence-corrected chi connectivity index (χ3v) is 4.57. The number of thiol groups is 1. The van der Waals surface area contributed by atoms with Crippen molar-refractivity contribution in [2.24, 2.45) is 10.7 Å². The Labute approximate surface area is 185 Å². The van der Waals surface area contributed by atoms with Crippen LogP contribution in [0.25, 0.3) is 0 Å². The van der Waals surface area contributed by atoms with Gasteiger partial charge in [0.05, 0.1) is 5.84 Å². The average Bonchev–Trinajstić information content (AvgIpc) is 3.02. The van der Waals surface area contributed by atoms with Gasteiger partial charge in [-0.25, -0.2) is 4.79 Å². The summed E-state index contributed by atoms with van der Waals surface area (Å²) in [6.45, 7) is 12.2. The molecule has 1 heterocycles. The van der Waals surface area contributed by atoms with Crippen molar-refractivity contribution >= 4 is 30.5 Å². The molecule has 168 valence electrons. The molecule has 1 fully saturated rings. The Morgan fingerprint density at radius 3 is 2.33 bits per heavy atom. The van der Waals surface area contributed by atoms with E-state index in [1.165, 1.54) is 4.90 Å². The van der Waals surface area contributed by atoms with E-state index in [2.05, 4.69) is 22.9 Å². The van der Waals surface area contributed by atoms with Crippen LogP contribution in [0.5, 0.6) is 0 Å². The number of carbonyl (C=O) groups excluding carboxylic acids is 2. The molecule has 1 aliphatic heterocycles. The van der Waals surface area contributed by atoms with Gasteiger partial charge in [-0.3, -0.25) is 14.7 Å². The van der Waals surface area contributed by atoms with Crippen LogP contribution in [0.4, 0.5) is 4.79 Å². The second-order valence-corrected chi connectivity index (χ2v) is 8.86. The first kappa shape index (κ1) is 25.8. The van der Waals surface area contributed by atoms with Crippen molar-refractivity contribution in [1.29, 1.82) is 0 Å². The van der Waals surface area contributed by atoms with Gasteiger partial charge in [-0.1, -0.05) is 29.8 Å². The fourth-order valence-electron chi connectivity index (χ4n) is 2.96. The lowest BCUT2D eigenvalue weighted by molar-refractivity contribution is -0.125. The average molecular weight is 437 g/mol. The number of likely N-dealkylation sites (tertiary alicyclic amines) is 1. The lowest BCUT2D eigenvalue weighted by Crippen LogP contribution is -2.47. The van der Waals surface area contributed by atoms with Gasteiger partial charge in [0.25, 0.3) is 0 Å². The van der Waals surface area contributed by atoms with Gasteiger partial charge in [-0.05, 0) is 53.5 Å². The van der Waals surface area contributed by atoms with Gasteiger partial charge >= 0.3 is 6.09 Å². The molecule has 8 heteroatoms. The zero-order valence-corrected chi connectivity index (χ0v) is 19.8. The van der Waals surface area contributed by atoms with Crippen molar-refractivity contribution in [3.05, 3.63) is 35.4 Å². The second-order valence-electron chi connectivity index (χ2n) is 8.13. The first-order valence-corrected chi connectivity index (χ1v) is 10.8. The number of aryl methyl sites for hydroxylation is 1. The van der Waals surface area contributed by atoms with Crippen LogP contribution in [0, 0.1) is 6.92 Å². The summed E-state index contributed by atoms with van der Waals surface area (Å²) in [6, 6.07) is 7.67. The number of hydrogen-bond acceptors (Lipinski definition) is 5. The normalized spacial score (nSPS) is 18.8. The Bertz CT molecular complexity index is 716. The Kier molecular flexibility index (Phi) is 10.7. The highest BCUT2D eigenvalue weighted by Crippen LogP contribution is 2.23. The minimum Gasteiger partial charge on any atom is -0.445 e. The molecule has 2 amide bonds. The molecular weight excluding hydrogens is 400 g/mol. The van der Waals surface area contributed by atoms with Crippen LogP contribution in [0.15, 0.2) is 29.3 Å². The first-order chi connectivity index (χ1) is 14.0. The number of hydrogen-bond donors (Lipinski definition) is 3. The summed E-state index contributed by atoms with van der Waals surface area (Å²) in [5.74, 6) is 0.513. The van der Waals surface area contributed by atoms with Crippen molar-refractivity contribution < 1.29 is 14.3 Å². The minimum atomic E-state index is -0.509. The van der Waals surface area contributed by atoms with Crippen molar-refractivity contribution in [2.75, 3.05) is 6.54 Å². The molecule has 0 unspecified atom stereocenters. The minimum absolute atomic E-state index is 0.00941. The Morgan fingerprint density at radius 1 is 1.27 bits per heavy atom. The summed E-state index contributed by atoms with van der Waals surface area (Å²) in [4.78, 5) is 30.0. The highest BCUT2D eigenvalue weighted by molar-refractivity contribution is 7.81. The predicted molar refractivity (Wildman–Crippen MR) is 125 cm³/mol. The van der Waals surface area contributed by atoms with Gasteiger partial charge in [0, 0.05) is 23.9 Å². The van der Waals surface area contributed by atoms with Gasteiger partial charge < -0.3 is 15.8 Å². The maximum Gasteiger partial charge on any atom is 0.410 e. The van der Waals surface area contributed by atoms with Gasteiger partial charge in [-0.2, -0.15) is 12.6 Å². The molecule has 30 heavy (non-hydrogen) atoms. The zero-order chi connectivity index (χ0) is 22.8. The molecule has 0 bridgehead atoms. The molecule has 1 aliphatic rings. The number of ether oxygens (including phenoxy) is 1. The molecule has 0 aliphatic carbocycles. The van der Waals surface area contributed by atoms with E-state index in [0.717, 1.165) is 11.1 Å². The van der Waals surface area contributed by atoms with Crippen LogP contribution < -0.4 is 11.1 Å². The smallest absolute Gasteiger partial charge is 0.410 e. The van der Waals surface area contributed by atoms with E-state index in [0.29, 0.717) is 24.8 Å². The van der Waals surface area contributed by atoms with Crippen LogP contribution in [0.2, 0.25) is 0 Å². The SMILES string of the molecule is CC(N)=NC(C)C.Cc1ccc(COC(=O)N2C[C@@H](S)C[C@H]2C(=O)NC(C)C)cc1. The summed E-state index contributed by atoms with van der Waals surface area (Å²) in [5.41, 5.74) is 7.32. The number of nitrogens with two attached hydrogens (primary N) is 1. The molecule has 0 spiro atoms. The van der Waals surface area contributed by atoms with Gasteiger partial charge in [-0.15, -0.1) is 0 Å². The largest absolute Gasteiger partial charge is 0.445 e. The lowest BCUT2D eigenvalue weighted by atomic mass is 10.2. The lowest BCUT2D eigenvalue weighted by Gasteiger charge is -2.24. The van der Waals surface area contributed by atoms with Crippen LogP contribution in [0.1, 0.15) is 52.2 Å². The molecule has 2 atom stereocenters. The molecule has 0 saturated carbocycles. The molecule has 1 aromatic rings. The number of nitrogens with one attached hydrogen (secondary N) is 1. The molecule has 3 N–H and O–H groups in total. The summed E-state index contributed by atoms with van der Waals surface area (Å²) < 4.78 is 5.36. The third kappa shape index (κ3) is 9.52. The maximum atomic E-state index is 12.3. The molecule has 2 rings (SSSR count). The summed E-state index contributed by atoms with van der Waals surface area (Å²) in [7, 11) is 0.